The minimum Gasteiger partial charge on any atom is -0.457 e. The van der Waals surface area contributed by atoms with Crippen LogP contribution in [0.15, 0.2) is 54.2 Å². The van der Waals surface area contributed by atoms with E-state index in [-0.39, 0.29) is 55.1 Å². The number of benzene rings is 1. The summed E-state index contributed by atoms with van der Waals surface area (Å²) in [7, 11) is 1.67. The van der Waals surface area contributed by atoms with E-state index in [2.05, 4.69) is 12.2 Å². The number of esters is 2. The number of aliphatic hydroxyl groups excluding tert-OH is 1. The van der Waals surface area contributed by atoms with Crippen LogP contribution in [0.2, 0.25) is 5.02 Å². The molecule has 0 spiro atoms. The summed E-state index contributed by atoms with van der Waals surface area (Å²) in [6.07, 6.45) is 5.69. The second-order valence-electron chi connectivity index (χ2n) is 14.1. The first-order valence-electron chi connectivity index (χ1n) is 17.3. The molecule has 2 aliphatic heterocycles. The van der Waals surface area contributed by atoms with Crippen LogP contribution in [0.25, 0.3) is 0 Å². The molecule has 1 saturated heterocycles. The third kappa shape index (κ3) is 11.7. The molecular weight excluding hydrogens is 669 g/mol. The van der Waals surface area contributed by atoms with Gasteiger partial charge in [0.25, 0.3) is 0 Å². The second-order valence-corrected chi connectivity index (χ2v) is 14.6. The molecule has 10 nitrogen and oxygen atoms in total. The molecule has 3 rings (SSSR count). The molecule has 12 heteroatoms. The Morgan fingerprint density at radius 2 is 1.98 bits per heavy atom. The highest BCUT2D eigenvalue weighted by Gasteiger charge is 2.54. The Hall–Kier alpha value is -2.64. The molecule has 1 fully saturated rings. The maximum absolute atomic E-state index is 14.2. The molecule has 11 atom stereocenters. The number of allylic oxidation sites excluding steroid dienone is 2. The zero-order valence-electron chi connectivity index (χ0n) is 30.4. The summed E-state index contributed by atoms with van der Waals surface area (Å²) in [4.78, 5) is 24.7. The first-order valence-corrected chi connectivity index (χ1v) is 17.7. The van der Waals surface area contributed by atoms with E-state index >= 15 is 0 Å². The fourth-order valence-corrected chi connectivity index (χ4v) is 6.67. The monoisotopic (exact) mass is 723 g/mol. The van der Waals surface area contributed by atoms with Crippen LogP contribution < -0.4 is 5.32 Å². The fourth-order valence-electron chi connectivity index (χ4n) is 6.55. The van der Waals surface area contributed by atoms with Crippen molar-refractivity contribution in [2.24, 2.45) is 11.8 Å². The molecule has 0 bridgehead atoms. The zero-order chi connectivity index (χ0) is 37.4. The minimum atomic E-state index is -1.48. The summed E-state index contributed by atoms with van der Waals surface area (Å²) in [5.74, 6) is -2.06. The maximum atomic E-state index is 14.2. The van der Waals surface area contributed by atoms with Crippen LogP contribution in [0.1, 0.15) is 79.7 Å². The number of cyclic esters (lactones) is 1. The lowest BCUT2D eigenvalue weighted by atomic mass is 9.87. The number of ether oxygens (including phenoxy) is 4. The highest BCUT2D eigenvalue weighted by Crippen LogP contribution is 2.39. The van der Waals surface area contributed by atoms with Crippen LogP contribution in [-0.2, 0) is 35.1 Å². The van der Waals surface area contributed by atoms with Crippen LogP contribution in [0.4, 0.5) is 4.39 Å². The van der Waals surface area contributed by atoms with Gasteiger partial charge in [0.15, 0.2) is 0 Å². The maximum Gasteiger partial charge on any atom is 0.309 e. The number of hydrogen-bond acceptors (Lipinski definition) is 10. The van der Waals surface area contributed by atoms with E-state index in [0.29, 0.717) is 11.1 Å². The molecule has 280 valence electrons. The number of aliphatic hydroxyl groups is 3. The van der Waals surface area contributed by atoms with Crippen molar-refractivity contribution < 1.29 is 48.2 Å². The Labute approximate surface area is 300 Å². The number of rotatable bonds is 13. The number of methoxy groups -OCH3 is 1. The van der Waals surface area contributed by atoms with Gasteiger partial charge >= 0.3 is 11.9 Å². The lowest BCUT2D eigenvalue weighted by molar-refractivity contribution is -0.157. The van der Waals surface area contributed by atoms with E-state index in [0.717, 1.165) is 6.42 Å². The molecular formula is C38H55ClFNO9. The Kier molecular flexibility index (Phi) is 15.2. The SMILES string of the molecule is CCC(OC)C(C)C1OC1C(NCc1ccc(Cl)c(F)c1)C(C)(O)C=CC=C(C)C1OC(=O)CC(O)CCC(C)(O)C(OC(C)=O)C=CC1C. The molecule has 0 radical (unpaired) electrons. The smallest absolute Gasteiger partial charge is 0.309 e. The number of nitrogens with one attached hydrogen (secondary N) is 1. The third-order valence-electron chi connectivity index (χ3n) is 9.70. The molecule has 4 N–H and O–H groups in total. The average molecular weight is 724 g/mol. The predicted octanol–water partition coefficient (Wildman–Crippen LogP) is 5.35. The van der Waals surface area contributed by atoms with Crippen molar-refractivity contribution in [1.29, 1.82) is 0 Å². The van der Waals surface area contributed by atoms with Gasteiger partial charge in [-0.15, -0.1) is 0 Å². The van der Waals surface area contributed by atoms with Crippen LogP contribution >= 0.6 is 11.6 Å². The first kappa shape index (κ1) is 41.8. The van der Waals surface area contributed by atoms with Crippen molar-refractivity contribution in [2.75, 3.05) is 7.11 Å². The van der Waals surface area contributed by atoms with Crippen molar-refractivity contribution in [3.8, 4) is 0 Å². The van der Waals surface area contributed by atoms with Gasteiger partial charge in [-0.1, -0.05) is 62.7 Å². The van der Waals surface area contributed by atoms with Crippen molar-refractivity contribution in [2.45, 2.75) is 135 Å². The summed E-state index contributed by atoms with van der Waals surface area (Å²) in [6.45, 7) is 12.4. The van der Waals surface area contributed by atoms with E-state index in [1.165, 1.54) is 26.0 Å². The Morgan fingerprint density at radius 3 is 2.60 bits per heavy atom. The van der Waals surface area contributed by atoms with Crippen LogP contribution in [-0.4, -0.2) is 88.2 Å². The summed E-state index contributed by atoms with van der Waals surface area (Å²) in [5, 5.41) is 36.8. The highest BCUT2D eigenvalue weighted by molar-refractivity contribution is 6.30. The van der Waals surface area contributed by atoms with Gasteiger partial charge < -0.3 is 39.6 Å². The number of hydrogen-bond donors (Lipinski definition) is 4. The molecule has 2 aliphatic rings. The van der Waals surface area contributed by atoms with E-state index in [9.17, 15) is 29.3 Å². The van der Waals surface area contributed by atoms with Gasteiger partial charge in [-0.25, -0.2) is 4.39 Å². The summed E-state index contributed by atoms with van der Waals surface area (Å²) in [6, 6.07) is 3.96. The number of halogens is 2. The lowest BCUT2D eigenvalue weighted by Gasteiger charge is -2.32. The number of carbonyl (C=O) groups excluding carboxylic acids is 2. The van der Waals surface area contributed by atoms with Crippen molar-refractivity contribution >= 4 is 23.5 Å². The molecule has 0 aromatic heterocycles. The fraction of sp³-hybridized carbons (Fsp3) is 0.632. The summed E-state index contributed by atoms with van der Waals surface area (Å²) in [5.41, 5.74) is -1.63. The molecule has 0 amide bonds. The quantitative estimate of drug-likeness (QED) is 0.0909. The van der Waals surface area contributed by atoms with Gasteiger partial charge in [0.1, 0.15) is 29.7 Å². The standard InChI is InChI=1S/C38H55ClFNO9/c1-9-30(47-8)24(4)34-35(50-34)36(41-21-26-13-14-28(39)29(40)19-26)38(7,46)17-10-11-22(2)33-23(3)12-15-31(48-25(5)42)37(6,45)18-16-27(43)20-32(44)49-33/h10-15,17,19,23-24,27,30-31,33-36,41,43,45-46H,9,16,18,20-21H2,1-8H3. The molecule has 11 unspecified atom stereocenters. The van der Waals surface area contributed by atoms with Gasteiger partial charge in [-0.05, 0) is 69.4 Å². The van der Waals surface area contributed by atoms with E-state index in [4.69, 9.17) is 30.5 Å². The molecule has 1 aromatic carbocycles. The molecule has 1 aromatic rings. The third-order valence-corrected chi connectivity index (χ3v) is 10.0. The van der Waals surface area contributed by atoms with Crippen LogP contribution in [0.3, 0.4) is 0 Å². The Morgan fingerprint density at radius 1 is 1.28 bits per heavy atom. The van der Waals surface area contributed by atoms with Crippen molar-refractivity contribution in [3.63, 3.8) is 0 Å². The first-order chi connectivity index (χ1) is 23.4. The van der Waals surface area contributed by atoms with E-state index in [1.54, 1.807) is 57.4 Å². The molecule has 2 heterocycles. The van der Waals surface area contributed by atoms with Gasteiger partial charge in [0, 0.05) is 32.4 Å². The normalized spacial score (nSPS) is 31.1. The second kappa shape index (κ2) is 18.2. The van der Waals surface area contributed by atoms with Crippen LogP contribution in [0, 0.1) is 17.7 Å². The van der Waals surface area contributed by atoms with E-state index in [1.807, 2.05) is 13.8 Å². The van der Waals surface area contributed by atoms with Gasteiger partial charge in [-0.2, -0.15) is 0 Å². The Balaban J connectivity index is 1.88. The number of epoxide rings is 1. The lowest BCUT2D eigenvalue weighted by Crippen LogP contribution is -2.52. The van der Waals surface area contributed by atoms with Crippen molar-refractivity contribution in [1.82, 2.24) is 5.32 Å². The van der Waals surface area contributed by atoms with Crippen LogP contribution in [0.5, 0.6) is 0 Å². The largest absolute Gasteiger partial charge is 0.457 e. The summed E-state index contributed by atoms with van der Waals surface area (Å²) < 4.78 is 37.2. The average Bonchev–Trinajstić information content (AvgIpc) is 3.82. The minimum absolute atomic E-state index is 0.0243. The molecule has 0 saturated carbocycles. The number of carbonyl (C=O) groups is 2. The Bertz CT molecular complexity index is 1390. The zero-order valence-corrected chi connectivity index (χ0v) is 31.2. The molecule has 50 heavy (non-hydrogen) atoms. The van der Waals surface area contributed by atoms with E-state index < -0.39 is 59.2 Å². The topological polar surface area (TPSA) is 147 Å². The van der Waals surface area contributed by atoms with Crippen molar-refractivity contribution in [3.05, 3.63) is 70.6 Å². The van der Waals surface area contributed by atoms with Gasteiger partial charge in [-0.3, -0.25) is 9.59 Å². The molecule has 0 aliphatic carbocycles. The summed E-state index contributed by atoms with van der Waals surface area (Å²) >= 11 is 5.88. The van der Waals surface area contributed by atoms with Gasteiger partial charge in [0.2, 0.25) is 0 Å². The predicted molar refractivity (Wildman–Crippen MR) is 189 cm³/mol. The van der Waals surface area contributed by atoms with Gasteiger partial charge in [0.05, 0.1) is 41.4 Å². The highest BCUT2D eigenvalue weighted by atomic mass is 35.5.